The first kappa shape index (κ1) is 18.3. The van der Waals surface area contributed by atoms with Gasteiger partial charge in [0.1, 0.15) is 11.5 Å². The summed E-state index contributed by atoms with van der Waals surface area (Å²) in [7, 11) is 1.66. The Kier molecular flexibility index (Phi) is 4.39. The molecule has 1 saturated heterocycles. The average molecular weight is 393 g/mol. The molecule has 1 aromatic rings. The largest absolute Gasteiger partial charge is 0.497 e. The maximum absolute atomic E-state index is 13.3. The van der Waals surface area contributed by atoms with Crippen LogP contribution in [0.2, 0.25) is 0 Å². The fourth-order valence-electron chi connectivity index (χ4n) is 4.99. The number of carbonyl (C=O) groups is 1. The van der Waals surface area contributed by atoms with Crippen LogP contribution in [0.25, 0.3) is 0 Å². The lowest BCUT2D eigenvalue weighted by Gasteiger charge is -2.39. The third-order valence-corrected chi connectivity index (χ3v) is 6.83. The van der Waals surface area contributed by atoms with Crippen LogP contribution in [-0.2, 0) is 21.5 Å². The third-order valence-electron chi connectivity index (χ3n) is 6.83. The molecule has 3 N–H and O–H groups in total. The molecule has 29 heavy (non-hydrogen) atoms. The normalized spacial score (nSPS) is 26.2. The van der Waals surface area contributed by atoms with Gasteiger partial charge in [-0.3, -0.25) is 4.79 Å². The summed E-state index contributed by atoms with van der Waals surface area (Å²) in [5, 5.41) is 3.32. The van der Waals surface area contributed by atoms with E-state index < -0.39 is 0 Å². The second kappa shape index (κ2) is 6.95. The van der Waals surface area contributed by atoms with E-state index in [2.05, 4.69) is 17.5 Å². The van der Waals surface area contributed by atoms with Crippen molar-refractivity contribution in [1.82, 2.24) is 10.2 Å². The van der Waals surface area contributed by atoms with Crippen molar-refractivity contribution in [3.8, 4) is 5.75 Å². The number of methoxy groups -OCH3 is 1. The summed E-state index contributed by atoms with van der Waals surface area (Å²) >= 11 is 0. The van der Waals surface area contributed by atoms with E-state index in [9.17, 15) is 4.79 Å². The van der Waals surface area contributed by atoms with Crippen molar-refractivity contribution in [3.63, 3.8) is 0 Å². The fraction of sp³-hybridized carbons (Fsp3) is 0.435. The van der Waals surface area contributed by atoms with Gasteiger partial charge in [0, 0.05) is 48.3 Å². The van der Waals surface area contributed by atoms with Crippen LogP contribution >= 0.6 is 0 Å². The van der Waals surface area contributed by atoms with Gasteiger partial charge in [-0.05, 0) is 36.6 Å². The molecular formula is C23H27N3O3. The van der Waals surface area contributed by atoms with Crippen molar-refractivity contribution in [2.45, 2.75) is 30.8 Å². The van der Waals surface area contributed by atoms with Gasteiger partial charge in [0.05, 0.1) is 19.8 Å². The van der Waals surface area contributed by atoms with Crippen molar-refractivity contribution in [1.29, 1.82) is 0 Å². The molecule has 1 amide bonds. The zero-order valence-corrected chi connectivity index (χ0v) is 16.7. The Balaban J connectivity index is 1.31. The van der Waals surface area contributed by atoms with Gasteiger partial charge < -0.3 is 25.4 Å². The second-order valence-electron chi connectivity index (χ2n) is 8.35. The number of carbonyl (C=O) groups excluding carboxylic acids is 1. The molecule has 1 aromatic carbocycles. The molecule has 5 rings (SSSR count). The fourth-order valence-corrected chi connectivity index (χ4v) is 4.99. The van der Waals surface area contributed by atoms with Crippen molar-refractivity contribution >= 4 is 5.91 Å². The van der Waals surface area contributed by atoms with Gasteiger partial charge in [-0.25, -0.2) is 0 Å². The number of nitrogens with zero attached hydrogens (tertiary/aromatic N) is 1. The van der Waals surface area contributed by atoms with E-state index in [4.69, 9.17) is 15.2 Å². The summed E-state index contributed by atoms with van der Waals surface area (Å²) in [6, 6.07) is 6.40. The zero-order valence-electron chi connectivity index (χ0n) is 16.7. The molecule has 1 fully saturated rings. The molecule has 0 aromatic heterocycles. The Labute approximate surface area is 171 Å². The molecule has 0 radical (unpaired) electrons. The first-order valence-electron chi connectivity index (χ1n) is 10.3. The molecule has 3 heterocycles. The number of rotatable bonds is 3. The van der Waals surface area contributed by atoms with Gasteiger partial charge >= 0.3 is 0 Å². The Bertz CT molecular complexity index is 925. The van der Waals surface area contributed by atoms with Gasteiger partial charge in [-0.15, -0.1) is 0 Å². The molecule has 2 atom stereocenters. The molecule has 1 spiro atoms. The predicted octanol–water partition coefficient (Wildman–Crippen LogP) is 1.97. The number of hydrogen-bond donors (Lipinski definition) is 2. The standard InChI is InChI=1S/C23H27N3O3/c1-28-16-3-4-20-17(11-16)18(13-25-20)22(27)26-8-6-23(7-9-26)14-29-21-5-2-15(12-24)10-19(21)23/h2-5,10-11,13,17,20,25H,6-9,12,14,24H2,1H3. The number of piperidine rings is 1. The van der Waals surface area contributed by atoms with E-state index >= 15 is 0 Å². The summed E-state index contributed by atoms with van der Waals surface area (Å²) in [6.07, 6.45) is 9.75. The van der Waals surface area contributed by atoms with Crippen molar-refractivity contribution < 1.29 is 14.3 Å². The quantitative estimate of drug-likeness (QED) is 0.821. The molecule has 2 unspecified atom stereocenters. The van der Waals surface area contributed by atoms with Crippen LogP contribution in [0.3, 0.4) is 0 Å². The summed E-state index contributed by atoms with van der Waals surface area (Å²) in [5.74, 6) is 1.93. The van der Waals surface area contributed by atoms with E-state index in [0.717, 1.165) is 48.6 Å². The van der Waals surface area contributed by atoms with Crippen LogP contribution in [0.1, 0.15) is 24.0 Å². The molecule has 6 nitrogen and oxygen atoms in total. The minimum atomic E-state index is -0.00116. The maximum atomic E-state index is 13.3. The van der Waals surface area contributed by atoms with Gasteiger partial charge in [-0.1, -0.05) is 18.2 Å². The number of likely N-dealkylation sites (tertiary alicyclic amines) is 1. The van der Waals surface area contributed by atoms with Crippen molar-refractivity contribution in [2.75, 3.05) is 26.8 Å². The molecule has 3 aliphatic heterocycles. The van der Waals surface area contributed by atoms with Crippen molar-refractivity contribution in [3.05, 3.63) is 65.1 Å². The SMILES string of the molecule is COC1=CC2C(C(=O)N3CCC4(CC3)COc3ccc(CN)cc34)=CNC2C=C1. The minimum absolute atomic E-state index is 0.00116. The number of nitrogens with one attached hydrogen (secondary N) is 1. The van der Waals surface area contributed by atoms with E-state index in [-0.39, 0.29) is 23.3 Å². The molecule has 0 bridgehead atoms. The second-order valence-corrected chi connectivity index (χ2v) is 8.35. The topological polar surface area (TPSA) is 76.8 Å². The highest BCUT2D eigenvalue weighted by Crippen LogP contribution is 2.46. The van der Waals surface area contributed by atoms with Crippen LogP contribution < -0.4 is 15.8 Å². The highest BCUT2D eigenvalue weighted by Gasteiger charge is 2.45. The van der Waals surface area contributed by atoms with Crippen LogP contribution in [0, 0.1) is 5.92 Å². The number of allylic oxidation sites excluding steroid dienone is 1. The average Bonchev–Trinajstić information content (AvgIpc) is 3.35. The number of benzene rings is 1. The summed E-state index contributed by atoms with van der Waals surface area (Å²) in [6.45, 7) is 2.70. The first-order valence-corrected chi connectivity index (χ1v) is 10.3. The van der Waals surface area contributed by atoms with E-state index in [1.165, 1.54) is 5.56 Å². The van der Waals surface area contributed by atoms with Crippen LogP contribution in [-0.4, -0.2) is 43.7 Å². The predicted molar refractivity (Wildman–Crippen MR) is 110 cm³/mol. The molecule has 4 aliphatic rings. The Hall–Kier alpha value is -2.73. The van der Waals surface area contributed by atoms with Crippen LogP contribution in [0.15, 0.2) is 54.0 Å². The number of nitrogens with two attached hydrogens (primary N) is 1. The number of hydrogen-bond acceptors (Lipinski definition) is 5. The highest BCUT2D eigenvalue weighted by atomic mass is 16.5. The van der Waals surface area contributed by atoms with Crippen LogP contribution in [0.5, 0.6) is 5.75 Å². The Morgan fingerprint density at radius 1 is 1.38 bits per heavy atom. The van der Waals surface area contributed by atoms with E-state index in [0.29, 0.717) is 13.2 Å². The first-order chi connectivity index (χ1) is 14.1. The summed E-state index contributed by atoms with van der Waals surface area (Å²) < 4.78 is 11.3. The molecule has 6 heteroatoms. The van der Waals surface area contributed by atoms with Crippen LogP contribution in [0.4, 0.5) is 0 Å². The lowest BCUT2D eigenvalue weighted by atomic mass is 9.74. The lowest BCUT2D eigenvalue weighted by Crippen LogP contribution is -2.47. The van der Waals surface area contributed by atoms with E-state index in [1.54, 1.807) is 7.11 Å². The molecule has 0 saturated carbocycles. The minimum Gasteiger partial charge on any atom is -0.497 e. The Morgan fingerprint density at radius 3 is 2.97 bits per heavy atom. The monoisotopic (exact) mass is 393 g/mol. The molecular weight excluding hydrogens is 366 g/mol. The van der Waals surface area contributed by atoms with Crippen molar-refractivity contribution in [2.24, 2.45) is 11.7 Å². The third kappa shape index (κ3) is 2.94. The van der Waals surface area contributed by atoms with Gasteiger partial charge in [0.25, 0.3) is 5.91 Å². The molecule has 152 valence electrons. The Morgan fingerprint density at radius 2 is 2.21 bits per heavy atom. The number of fused-ring (bicyclic) bond motifs is 3. The summed E-state index contributed by atoms with van der Waals surface area (Å²) in [5.41, 5.74) is 9.05. The lowest BCUT2D eigenvalue weighted by molar-refractivity contribution is -0.129. The smallest absolute Gasteiger partial charge is 0.251 e. The van der Waals surface area contributed by atoms with Gasteiger partial charge in [0.2, 0.25) is 0 Å². The van der Waals surface area contributed by atoms with Gasteiger partial charge in [-0.2, -0.15) is 0 Å². The summed E-state index contributed by atoms with van der Waals surface area (Å²) in [4.78, 5) is 15.3. The zero-order chi connectivity index (χ0) is 20.0. The molecule has 1 aliphatic carbocycles. The highest BCUT2D eigenvalue weighted by molar-refractivity contribution is 5.95. The van der Waals surface area contributed by atoms with Gasteiger partial charge in [0.15, 0.2) is 0 Å². The number of amides is 1. The number of ether oxygens (including phenoxy) is 2. The van der Waals surface area contributed by atoms with E-state index in [1.807, 2.05) is 35.4 Å². The maximum Gasteiger partial charge on any atom is 0.251 e.